The molecule has 0 spiro atoms. The van der Waals surface area contributed by atoms with Gasteiger partial charge in [-0.15, -0.1) is 0 Å². The molecular formula is C12H11FN4. The van der Waals surface area contributed by atoms with Gasteiger partial charge in [0.2, 0.25) is 0 Å². The molecule has 3 heterocycles. The van der Waals surface area contributed by atoms with Crippen LogP contribution in [0.3, 0.4) is 0 Å². The molecule has 17 heavy (non-hydrogen) atoms. The molecule has 4 nitrogen and oxygen atoms in total. The first kappa shape index (κ1) is 10.1. The van der Waals surface area contributed by atoms with Crippen molar-refractivity contribution < 1.29 is 4.39 Å². The minimum absolute atomic E-state index is 0.311. The standard InChI is InChI=1S/C12H11FN4/c13-10-1-2-12(15-6-10)17-4-3-11-9(7-17)5-14-8-16-11/h1-2,5-6,8H,3-4,7H2. The molecule has 0 radical (unpaired) electrons. The van der Waals surface area contributed by atoms with Crippen molar-refractivity contribution in [2.24, 2.45) is 0 Å². The van der Waals surface area contributed by atoms with Crippen molar-refractivity contribution in [1.29, 1.82) is 0 Å². The molecule has 0 bridgehead atoms. The van der Waals surface area contributed by atoms with Gasteiger partial charge in [0.05, 0.1) is 11.9 Å². The lowest BCUT2D eigenvalue weighted by Crippen LogP contribution is -2.31. The van der Waals surface area contributed by atoms with E-state index in [-0.39, 0.29) is 5.82 Å². The maximum Gasteiger partial charge on any atom is 0.141 e. The van der Waals surface area contributed by atoms with Gasteiger partial charge in [0.1, 0.15) is 18.0 Å². The van der Waals surface area contributed by atoms with Crippen molar-refractivity contribution in [2.45, 2.75) is 13.0 Å². The van der Waals surface area contributed by atoms with E-state index in [1.807, 2.05) is 6.20 Å². The lowest BCUT2D eigenvalue weighted by atomic mass is 10.1. The topological polar surface area (TPSA) is 41.9 Å². The second-order valence-corrected chi connectivity index (χ2v) is 4.00. The zero-order valence-corrected chi connectivity index (χ0v) is 9.17. The Labute approximate surface area is 98.2 Å². The zero-order chi connectivity index (χ0) is 11.7. The molecule has 0 aliphatic carbocycles. The number of halogens is 1. The Kier molecular flexibility index (Phi) is 2.44. The number of pyridine rings is 1. The molecule has 0 fully saturated rings. The molecule has 0 amide bonds. The predicted octanol–water partition coefficient (Wildman–Crippen LogP) is 1.57. The first-order valence-corrected chi connectivity index (χ1v) is 5.47. The number of hydrogen-bond acceptors (Lipinski definition) is 4. The molecule has 86 valence electrons. The maximum absolute atomic E-state index is 12.8. The highest BCUT2D eigenvalue weighted by atomic mass is 19.1. The monoisotopic (exact) mass is 230 g/mol. The zero-order valence-electron chi connectivity index (χ0n) is 9.17. The van der Waals surface area contributed by atoms with Gasteiger partial charge in [0.25, 0.3) is 0 Å². The van der Waals surface area contributed by atoms with Gasteiger partial charge in [0, 0.05) is 31.3 Å². The van der Waals surface area contributed by atoms with Crippen LogP contribution in [0.2, 0.25) is 0 Å². The third-order valence-corrected chi connectivity index (χ3v) is 2.90. The van der Waals surface area contributed by atoms with Crippen LogP contribution in [-0.2, 0) is 13.0 Å². The fourth-order valence-electron chi connectivity index (χ4n) is 2.02. The first-order chi connectivity index (χ1) is 8.33. The van der Waals surface area contributed by atoms with Gasteiger partial charge < -0.3 is 4.90 Å². The molecule has 3 rings (SSSR count). The highest BCUT2D eigenvalue weighted by molar-refractivity contribution is 5.41. The minimum atomic E-state index is -0.311. The Balaban J connectivity index is 1.86. The van der Waals surface area contributed by atoms with Gasteiger partial charge in [0.15, 0.2) is 0 Å². The van der Waals surface area contributed by atoms with Gasteiger partial charge in [-0.1, -0.05) is 0 Å². The van der Waals surface area contributed by atoms with Gasteiger partial charge >= 0.3 is 0 Å². The Hall–Kier alpha value is -2.04. The molecule has 0 saturated carbocycles. The third kappa shape index (κ3) is 1.95. The average Bonchev–Trinajstić information content (AvgIpc) is 2.39. The van der Waals surface area contributed by atoms with Crippen LogP contribution >= 0.6 is 0 Å². The van der Waals surface area contributed by atoms with Crippen molar-refractivity contribution in [3.05, 3.63) is 47.9 Å². The normalized spacial score (nSPS) is 14.5. The lowest BCUT2D eigenvalue weighted by Gasteiger charge is -2.28. The second-order valence-electron chi connectivity index (χ2n) is 4.00. The summed E-state index contributed by atoms with van der Waals surface area (Å²) in [6, 6.07) is 3.13. The van der Waals surface area contributed by atoms with Crippen molar-refractivity contribution in [1.82, 2.24) is 15.0 Å². The largest absolute Gasteiger partial charge is 0.352 e. The quantitative estimate of drug-likeness (QED) is 0.745. The average molecular weight is 230 g/mol. The van der Waals surface area contributed by atoms with Crippen LogP contribution in [0.1, 0.15) is 11.3 Å². The molecule has 2 aromatic heterocycles. The van der Waals surface area contributed by atoms with E-state index in [9.17, 15) is 4.39 Å². The van der Waals surface area contributed by atoms with E-state index < -0.39 is 0 Å². The maximum atomic E-state index is 12.8. The number of nitrogens with zero attached hydrogens (tertiary/aromatic N) is 4. The van der Waals surface area contributed by atoms with Gasteiger partial charge in [-0.3, -0.25) is 0 Å². The van der Waals surface area contributed by atoms with Crippen LogP contribution in [-0.4, -0.2) is 21.5 Å². The van der Waals surface area contributed by atoms with Gasteiger partial charge in [-0.2, -0.15) is 0 Å². The van der Waals surface area contributed by atoms with E-state index in [1.54, 1.807) is 12.4 Å². The van der Waals surface area contributed by atoms with E-state index in [1.165, 1.54) is 12.3 Å². The molecule has 0 saturated heterocycles. The van der Waals surface area contributed by atoms with Gasteiger partial charge in [-0.25, -0.2) is 19.3 Å². The van der Waals surface area contributed by atoms with Crippen LogP contribution in [0.25, 0.3) is 0 Å². The SMILES string of the molecule is Fc1ccc(N2CCc3ncncc3C2)nc1. The van der Waals surface area contributed by atoms with E-state index in [4.69, 9.17) is 0 Å². The van der Waals surface area contributed by atoms with Crippen molar-refractivity contribution in [3.63, 3.8) is 0 Å². The fraction of sp³-hybridized carbons (Fsp3) is 0.250. The Morgan fingerprint density at radius 1 is 1.18 bits per heavy atom. The summed E-state index contributed by atoms with van der Waals surface area (Å²) in [5.41, 5.74) is 2.21. The first-order valence-electron chi connectivity index (χ1n) is 5.47. The molecule has 0 unspecified atom stereocenters. The van der Waals surface area contributed by atoms with E-state index in [0.29, 0.717) is 0 Å². The van der Waals surface area contributed by atoms with E-state index in [0.717, 1.165) is 36.6 Å². The van der Waals surface area contributed by atoms with Crippen molar-refractivity contribution in [2.75, 3.05) is 11.4 Å². The van der Waals surface area contributed by atoms with Crippen LogP contribution in [0.15, 0.2) is 30.9 Å². The lowest BCUT2D eigenvalue weighted by molar-refractivity contribution is 0.618. The van der Waals surface area contributed by atoms with Crippen LogP contribution < -0.4 is 4.90 Å². The molecule has 0 atom stereocenters. The highest BCUT2D eigenvalue weighted by Crippen LogP contribution is 2.20. The van der Waals surface area contributed by atoms with Crippen molar-refractivity contribution >= 4 is 5.82 Å². The molecule has 1 aliphatic rings. The van der Waals surface area contributed by atoms with E-state index >= 15 is 0 Å². The highest BCUT2D eigenvalue weighted by Gasteiger charge is 2.18. The second kappa shape index (κ2) is 4.08. The summed E-state index contributed by atoms with van der Waals surface area (Å²) in [5.74, 6) is 0.482. The number of aromatic nitrogens is 3. The van der Waals surface area contributed by atoms with Crippen molar-refractivity contribution in [3.8, 4) is 0 Å². The fourth-order valence-corrected chi connectivity index (χ4v) is 2.02. The molecular weight excluding hydrogens is 219 g/mol. The molecule has 5 heteroatoms. The summed E-state index contributed by atoms with van der Waals surface area (Å²) in [5, 5.41) is 0. The summed E-state index contributed by atoms with van der Waals surface area (Å²) in [7, 11) is 0. The minimum Gasteiger partial charge on any atom is -0.352 e. The Morgan fingerprint density at radius 2 is 2.12 bits per heavy atom. The summed E-state index contributed by atoms with van der Waals surface area (Å²) in [6.07, 6.45) is 5.52. The third-order valence-electron chi connectivity index (χ3n) is 2.90. The van der Waals surface area contributed by atoms with Crippen LogP contribution in [0.5, 0.6) is 0 Å². The van der Waals surface area contributed by atoms with E-state index in [2.05, 4.69) is 19.9 Å². The number of anilines is 1. The number of rotatable bonds is 1. The molecule has 2 aromatic rings. The summed E-state index contributed by atoms with van der Waals surface area (Å²) in [6.45, 7) is 1.58. The summed E-state index contributed by atoms with van der Waals surface area (Å²) in [4.78, 5) is 14.5. The molecule has 0 aromatic carbocycles. The molecule has 0 N–H and O–H groups in total. The number of hydrogen-bond donors (Lipinski definition) is 0. The molecule has 1 aliphatic heterocycles. The van der Waals surface area contributed by atoms with Crippen LogP contribution in [0, 0.1) is 5.82 Å². The Morgan fingerprint density at radius 3 is 2.94 bits per heavy atom. The predicted molar refractivity (Wildman–Crippen MR) is 61.0 cm³/mol. The van der Waals surface area contributed by atoms with Crippen LogP contribution in [0.4, 0.5) is 10.2 Å². The van der Waals surface area contributed by atoms with Gasteiger partial charge in [-0.05, 0) is 12.1 Å². The summed E-state index contributed by atoms with van der Waals surface area (Å²) >= 11 is 0. The Bertz CT molecular complexity index is 526. The number of fused-ring (bicyclic) bond motifs is 1. The smallest absolute Gasteiger partial charge is 0.141 e. The summed E-state index contributed by atoms with van der Waals surface area (Å²) < 4.78 is 12.8.